The molecule has 0 radical (unpaired) electrons. The zero-order valence-electron chi connectivity index (χ0n) is 5.08. The largest absolute Gasteiger partial charge is 2.00 e. The van der Waals surface area contributed by atoms with E-state index in [4.69, 9.17) is 14.0 Å². The molecule has 0 saturated heterocycles. The molecular formula is C5H6O3Ru. The summed E-state index contributed by atoms with van der Waals surface area (Å²) in [6, 6.07) is 0. The van der Waals surface area contributed by atoms with E-state index in [-0.39, 0.29) is 34.3 Å². The molecule has 3 nitrogen and oxygen atoms in total. The summed E-state index contributed by atoms with van der Waals surface area (Å²) in [6.07, 6.45) is 0. The first-order valence-electron chi connectivity index (χ1n) is 0.612. The van der Waals surface area contributed by atoms with Crippen molar-refractivity contribution in [3.63, 3.8) is 0 Å². The molecule has 0 aliphatic rings. The van der Waals surface area contributed by atoms with Crippen LogP contribution in [0.15, 0.2) is 0 Å². The summed E-state index contributed by atoms with van der Waals surface area (Å²) in [5.74, 6) is 0. The fourth-order valence-electron chi connectivity index (χ4n) is 0. The minimum Gasteiger partial charge on any atom is -0.358 e. The fourth-order valence-corrected chi connectivity index (χ4v) is 0. The van der Waals surface area contributed by atoms with Gasteiger partial charge in [-0.25, -0.2) is 0 Å². The molecule has 0 aromatic heterocycles. The predicted molar refractivity (Wildman–Crippen MR) is 24.6 cm³/mol. The minimum atomic E-state index is 0. The van der Waals surface area contributed by atoms with Crippen LogP contribution in [0.1, 0.15) is 0 Å². The van der Waals surface area contributed by atoms with Crippen molar-refractivity contribution in [3.05, 3.63) is 34.8 Å². The summed E-state index contributed by atoms with van der Waals surface area (Å²) in [7, 11) is 0. The van der Waals surface area contributed by atoms with Crippen LogP contribution in [0.2, 0.25) is 0 Å². The second kappa shape index (κ2) is 15000. The zero-order valence-corrected chi connectivity index (χ0v) is 6.82. The average Bonchev–Trinajstić information content (AvgIpc) is 1.81. The smallest absolute Gasteiger partial charge is 0.358 e. The van der Waals surface area contributed by atoms with Gasteiger partial charge in [0, 0.05) is 0 Å². The van der Waals surface area contributed by atoms with Crippen LogP contribution >= 0.6 is 0 Å². The van der Waals surface area contributed by atoms with Crippen molar-refractivity contribution >= 4 is 0 Å². The first-order chi connectivity index (χ1) is 3.00. The van der Waals surface area contributed by atoms with Crippen LogP contribution < -0.4 is 0 Å². The van der Waals surface area contributed by atoms with E-state index in [2.05, 4.69) is 20.0 Å². The third kappa shape index (κ3) is 10900. The van der Waals surface area contributed by atoms with E-state index in [1.165, 1.54) is 0 Å². The van der Waals surface area contributed by atoms with E-state index in [0.717, 1.165) is 0 Å². The van der Waals surface area contributed by atoms with Crippen molar-refractivity contribution in [1.29, 1.82) is 0 Å². The predicted octanol–water partition coefficient (Wildman–Crippen LogP) is 0.786. The summed E-state index contributed by atoms with van der Waals surface area (Å²) < 4.78 is 22.5. The van der Waals surface area contributed by atoms with E-state index in [0.29, 0.717) is 0 Å². The maximum Gasteiger partial charge on any atom is 2.00 e. The molecule has 0 fully saturated rings. The van der Waals surface area contributed by atoms with Gasteiger partial charge in [0.05, 0.1) is 0 Å². The third-order valence-electron chi connectivity index (χ3n) is 0. The summed E-state index contributed by atoms with van der Waals surface area (Å²) in [6.45, 7) is 13.5. The van der Waals surface area contributed by atoms with Gasteiger partial charge in [-0.05, 0) is 0 Å². The van der Waals surface area contributed by atoms with Crippen molar-refractivity contribution in [3.8, 4) is 0 Å². The number of rotatable bonds is 0. The second-order valence-corrected chi connectivity index (χ2v) is 0. The molecule has 0 N–H and O–H groups in total. The van der Waals surface area contributed by atoms with E-state index >= 15 is 0 Å². The molecule has 9 heavy (non-hydrogen) atoms. The van der Waals surface area contributed by atoms with Gasteiger partial charge in [-0.15, -0.1) is 0 Å². The summed E-state index contributed by atoms with van der Waals surface area (Å²) >= 11 is 0. The van der Waals surface area contributed by atoms with Crippen LogP contribution in [0.4, 0.5) is 0 Å². The summed E-state index contributed by atoms with van der Waals surface area (Å²) in [5, 5.41) is 0. The van der Waals surface area contributed by atoms with Gasteiger partial charge in [0.2, 0.25) is 0 Å². The Morgan fingerprint density at radius 2 is 0.556 bits per heavy atom. The zero-order chi connectivity index (χ0) is 6.00. The molecule has 0 aromatic carbocycles. The summed E-state index contributed by atoms with van der Waals surface area (Å²) in [5.41, 5.74) is 0. The first-order valence-corrected chi connectivity index (χ1v) is 0.612. The maximum atomic E-state index is 7.50. The minimum absolute atomic E-state index is 0. The number of hydrogen-bond donors (Lipinski definition) is 0. The topological polar surface area (TPSA) is 59.7 Å². The van der Waals surface area contributed by atoms with Crippen LogP contribution in [0.25, 0.3) is 0 Å². The SMILES string of the molecule is [C-]#[O+].[C-]#[O+].[C-]#[O+].[CH3-].[CH3-].[Ru+2]. The Bertz CT molecular complexity index is 40.7. The van der Waals surface area contributed by atoms with Crippen LogP contribution in [-0.4, -0.2) is 0 Å². The van der Waals surface area contributed by atoms with Gasteiger partial charge in [-0.1, -0.05) is 0 Å². The molecule has 0 aromatic rings. The summed E-state index contributed by atoms with van der Waals surface area (Å²) in [4.78, 5) is 0. The van der Waals surface area contributed by atoms with Gasteiger partial charge in [-0.3, -0.25) is 0 Å². The molecule has 52 valence electrons. The standard InChI is InChI=1S/3CO.2CH3.Ru/c3*1-2;;;/h;;;2*1H3;/q;;;2*-1;+2. The normalized spacial score (nSPS) is 0.667. The van der Waals surface area contributed by atoms with Crippen LogP contribution in [0.3, 0.4) is 0 Å². The van der Waals surface area contributed by atoms with Crippen molar-refractivity contribution in [2.75, 3.05) is 0 Å². The van der Waals surface area contributed by atoms with Gasteiger partial charge in [0.1, 0.15) is 0 Å². The van der Waals surface area contributed by atoms with Crippen molar-refractivity contribution in [1.82, 2.24) is 0 Å². The molecule has 0 aliphatic carbocycles. The Kier molecular flexibility index (Phi) is 112000. The van der Waals surface area contributed by atoms with E-state index in [1.807, 2.05) is 0 Å². The Hall–Kier alpha value is -0.157. The molecule has 0 bridgehead atoms. The second-order valence-electron chi connectivity index (χ2n) is 0. The van der Waals surface area contributed by atoms with E-state index in [9.17, 15) is 0 Å². The molecule has 0 amide bonds. The van der Waals surface area contributed by atoms with Gasteiger partial charge in [0.25, 0.3) is 0 Å². The number of hydrogen-bond acceptors (Lipinski definition) is 0. The van der Waals surface area contributed by atoms with Crippen LogP contribution in [-0.2, 0) is 33.4 Å². The Labute approximate surface area is 68.7 Å². The Balaban J connectivity index is -0.00000000321. The molecule has 4 heteroatoms. The van der Waals surface area contributed by atoms with E-state index in [1.54, 1.807) is 0 Å². The first kappa shape index (κ1) is 67.3. The molecule has 0 saturated carbocycles. The van der Waals surface area contributed by atoms with E-state index < -0.39 is 0 Å². The maximum absolute atomic E-state index is 7.50. The Morgan fingerprint density at radius 3 is 0.556 bits per heavy atom. The van der Waals surface area contributed by atoms with Crippen molar-refractivity contribution < 1.29 is 33.4 Å². The molecule has 0 spiro atoms. The van der Waals surface area contributed by atoms with Crippen LogP contribution in [0.5, 0.6) is 0 Å². The molecule has 0 aliphatic heterocycles. The molecule has 0 atom stereocenters. The monoisotopic (exact) mass is 216 g/mol. The third-order valence-corrected chi connectivity index (χ3v) is 0. The molecule has 0 rings (SSSR count). The van der Waals surface area contributed by atoms with Crippen LogP contribution in [0, 0.1) is 34.8 Å². The van der Waals surface area contributed by atoms with Gasteiger partial charge in [0.15, 0.2) is 0 Å². The molecular weight excluding hydrogens is 209 g/mol. The molecule has 0 heterocycles. The van der Waals surface area contributed by atoms with Crippen molar-refractivity contribution in [2.45, 2.75) is 0 Å². The fraction of sp³-hybridized carbons (Fsp3) is 0. The van der Waals surface area contributed by atoms with Crippen molar-refractivity contribution in [2.24, 2.45) is 0 Å². The van der Waals surface area contributed by atoms with Gasteiger partial charge >= 0.3 is 53.4 Å². The Morgan fingerprint density at radius 1 is 0.556 bits per heavy atom. The van der Waals surface area contributed by atoms with Gasteiger partial charge < -0.3 is 14.9 Å². The average molecular weight is 215 g/mol. The molecule has 0 unspecified atom stereocenters. The van der Waals surface area contributed by atoms with Gasteiger partial charge in [-0.2, -0.15) is 0 Å². The quantitative estimate of drug-likeness (QED) is 0.326.